The Bertz CT molecular complexity index is 826. The van der Waals surface area contributed by atoms with Gasteiger partial charge in [0.05, 0.1) is 24.5 Å². The number of rotatable bonds is 9. The fourth-order valence-corrected chi connectivity index (χ4v) is 3.01. The van der Waals surface area contributed by atoms with Gasteiger partial charge in [0.15, 0.2) is 6.10 Å². The number of nitrogens with one attached hydrogen (secondary N) is 1. The highest BCUT2D eigenvalue weighted by Crippen LogP contribution is 2.41. The first-order valence-corrected chi connectivity index (χ1v) is 9.25. The third kappa shape index (κ3) is 6.15. The molecule has 0 aliphatic rings. The zero-order valence-corrected chi connectivity index (χ0v) is 16.5. The van der Waals surface area contributed by atoms with Crippen molar-refractivity contribution in [2.75, 3.05) is 11.9 Å². The maximum atomic E-state index is 13.6. The second-order valence-electron chi connectivity index (χ2n) is 6.57. The summed E-state index contributed by atoms with van der Waals surface area (Å²) in [6.45, 7) is 4.91. The van der Waals surface area contributed by atoms with E-state index in [9.17, 15) is 18.0 Å². The van der Waals surface area contributed by atoms with Gasteiger partial charge in [-0.1, -0.05) is 19.1 Å². The lowest BCUT2D eigenvalue weighted by Gasteiger charge is -2.25. The number of halogens is 3. The molecule has 1 heterocycles. The van der Waals surface area contributed by atoms with Gasteiger partial charge in [0.2, 0.25) is 0 Å². The number of hydrogen-bond acceptors (Lipinski definition) is 5. The Morgan fingerprint density at radius 1 is 1.24 bits per heavy atom. The molecule has 0 saturated heterocycles. The van der Waals surface area contributed by atoms with Crippen LogP contribution in [0.4, 0.5) is 24.5 Å². The van der Waals surface area contributed by atoms with E-state index in [0.29, 0.717) is 23.5 Å². The van der Waals surface area contributed by atoms with Gasteiger partial charge in [-0.05, 0) is 37.8 Å². The van der Waals surface area contributed by atoms with Crippen molar-refractivity contribution in [2.45, 2.75) is 51.8 Å². The largest absolute Gasteiger partial charge is 0.481 e. The Kier molecular flexibility index (Phi) is 7.55. The van der Waals surface area contributed by atoms with Crippen LogP contribution in [0.1, 0.15) is 55.7 Å². The van der Waals surface area contributed by atoms with Crippen molar-refractivity contribution in [3.05, 3.63) is 47.5 Å². The van der Waals surface area contributed by atoms with Gasteiger partial charge in [0.25, 0.3) is 0 Å². The molecule has 9 heteroatoms. The van der Waals surface area contributed by atoms with E-state index in [1.54, 1.807) is 13.0 Å². The number of aliphatic carboxylic acids is 1. The summed E-state index contributed by atoms with van der Waals surface area (Å²) in [5.74, 6) is -0.767. The van der Waals surface area contributed by atoms with Gasteiger partial charge in [0, 0.05) is 17.9 Å². The molecule has 2 atom stereocenters. The highest BCUT2D eigenvalue weighted by atomic mass is 19.4. The Balaban J connectivity index is 2.53. The molecule has 0 spiro atoms. The lowest BCUT2D eigenvalue weighted by molar-refractivity contribution is -0.222. The number of aromatic nitrogens is 2. The number of anilines is 2. The van der Waals surface area contributed by atoms with Gasteiger partial charge in [-0.2, -0.15) is 13.2 Å². The molecule has 0 bridgehead atoms. The maximum Gasteiger partial charge on any atom is 0.418 e. The van der Waals surface area contributed by atoms with Crippen LogP contribution in [0.5, 0.6) is 0 Å². The number of alkyl halides is 3. The third-order valence-electron chi connectivity index (χ3n) is 4.44. The van der Waals surface area contributed by atoms with Crippen LogP contribution in [0.2, 0.25) is 0 Å². The van der Waals surface area contributed by atoms with E-state index in [1.807, 2.05) is 6.92 Å². The molecule has 0 radical (unpaired) electrons. The monoisotopic (exact) mass is 411 g/mol. The Labute approximate surface area is 167 Å². The van der Waals surface area contributed by atoms with E-state index in [-0.39, 0.29) is 30.2 Å². The van der Waals surface area contributed by atoms with Crippen LogP contribution in [0.25, 0.3) is 0 Å². The molecule has 0 aliphatic heterocycles. The van der Waals surface area contributed by atoms with Crippen molar-refractivity contribution in [3.8, 4) is 0 Å². The van der Waals surface area contributed by atoms with Gasteiger partial charge >= 0.3 is 12.1 Å². The van der Waals surface area contributed by atoms with Crippen molar-refractivity contribution in [1.29, 1.82) is 0 Å². The first-order valence-electron chi connectivity index (χ1n) is 9.25. The molecule has 2 aromatic rings. The molecular formula is C20H24F3N3O3. The number of carboxylic acid groups (broad SMARTS) is 1. The van der Waals surface area contributed by atoms with Crippen molar-refractivity contribution in [1.82, 2.24) is 9.97 Å². The number of ether oxygens (including phenoxy) is 1. The van der Waals surface area contributed by atoms with Crippen LogP contribution in [-0.2, 0) is 9.53 Å². The number of aryl methyl sites for hydroxylation is 1. The zero-order valence-electron chi connectivity index (χ0n) is 16.5. The van der Waals surface area contributed by atoms with Crippen molar-refractivity contribution in [3.63, 3.8) is 0 Å². The Morgan fingerprint density at radius 2 is 1.90 bits per heavy atom. The lowest BCUT2D eigenvalue weighted by Crippen LogP contribution is -2.24. The lowest BCUT2D eigenvalue weighted by atomic mass is 9.91. The highest BCUT2D eigenvalue weighted by molar-refractivity contribution is 5.69. The van der Waals surface area contributed by atoms with Gasteiger partial charge in [-0.25, -0.2) is 9.97 Å². The zero-order chi connectivity index (χ0) is 21.6. The van der Waals surface area contributed by atoms with Gasteiger partial charge < -0.3 is 15.2 Å². The number of carbonyl (C=O) groups is 1. The number of nitrogens with zero attached hydrogens (tertiary/aromatic N) is 2. The second-order valence-corrected chi connectivity index (χ2v) is 6.57. The Morgan fingerprint density at radius 3 is 2.41 bits per heavy atom. The van der Waals surface area contributed by atoms with Crippen LogP contribution in [0.3, 0.4) is 0 Å². The van der Waals surface area contributed by atoms with Crippen molar-refractivity contribution >= 4 is 17.3 Å². The molecule has 1 aromatic heterocycles. The molecule has 0 unspecified atom stereocenters. The molecule has 6 nitrogen and oxygen atoms in total. The summed E-state index contributed by atoms with van der Waals surface area (Å²) in [6.07, 6.45) is -3.37. The fourth-order valence-electron chi connectivity index (χ4n) is 3.01. The average Bonchev–Trinajstić information content (AvgIpc) is 2.65. The van der Waals surface area contributed by atoms with Gasteiger partial charge in [0.1, 0.15) is 5.82 Å². The topological polar surface area (TPSA) is 84.3 Å². The predicted molar refractivity (Wildman–Crippen MR) is 102 cm³/mol. The predicted octanol–water partition coefficient (Wildman–Crippen LogP) is 5.14. The molecule has 2 rings (SSSR count). The molecule has 0 aliphatic carbocycles. The van der Waals surface area contributed by atoms with Gasteiger partial charge in [-0.3, -0.25) is 4.79 Å². The molecule has 0 fully saturated rings. The van der Waals surface area contributed by atoms with Crippen LogP contribution in [0.15, 0.2) is 30.6 Å². The van der Waals surface area contributed by atoms with Crippen LogP contribution >= 0.6 is 0 Å². The quantitative estimate of drug-likeness (QED) is 0.595. The molecule has 29 heavy (non-hydrogen) atoms. The Hall–Kier alpha value is -2.68. The van der Waals surface area contributed by atoms with Crippen molar-refractivity contribution in [2.24, 2.45) is 0 Å². The second kappa shape index (κ2) is 9.69. The molecule has 158 valence electrons. The van der Waals surface area contributed by atoms with E-state index >= 15 is 0 Å². The minimum absolute atomic E-state index is 0.0890. The summed E-state index contributed by atoms with van der Waals surface area (Å²) < 4.78 is 45.8. The molecule has 2 N–H and O–H groups in total. The highest BCUT2D eigenvalue weighted by Gasteiger charge is 2.43. The van der Waals surface area contributed by atoms with E-state index in [2.05, 4.69) is 15.3 Å². The SMILES string of the molecule is CCO[C@@H](c1ccc([C@H](CC)CC(=O)O)cc1Nc1cnc(C)nc1)C(F)(F)F. The maximum absolute atomic E-state index is 13.6. The minimum Gasteiger partial charge on any atom is -0.481 e. The van der Waals surface area contributed by atoms with Crippen LogP contribution in [-0.4, -0.2) is 33.8 Å². The summed E-state index contributed by atoms with van der Waals surface area (Å²) >= 11 is 0. The average molecular weight is 411 g/mol. The van der Waals surface area contributed by atoms with E-state index in [0.717, 1.165) is 0 Å². The first-order chi connectivity index (χ1) is 13.7. The molecular weight excluding hydrogens is 387 g/mol. The summed E-state index contributed by atoms with van der Waals surface area (Å²) in [5, 5.41) is 12.1. The third-order valence-corrected chi connectivity index (χ3v) is 4.44. The molecule has 0 amide bonds. The van der Waals surface area contributed by atoms with Gasteiger partial charge in [-0.15, -0.1) is 0 Å². The summed E-state index contributed by atoms with van der Waals surface area (Å²) in [5.41, 5.74) is 1.13. The van der Waals surface area contributed by atoms with E-state index in [1.165, 1.54) is 31.5 Å². The van der Waals surface area contributed by atoms with E-state index < -0.39 is 18.2 Å². The smallest absolute Gasteiger partial charge is 0.418 e. The van der Waals surface area contributed by atoms with Crippen LogP contribution < -0.4 is 5.32 Å². The standard InChI is InChI=1S/C20H24F3N3O3/c1-4-13(9-18(27)28)14-6-7-16(19(29-5-2)20(21,22)23)17(8-14)26-15-10-24-12(3)25-11-15/h6-8,10-11,13,19,26H,4-5,9H2,1-3H3,(H,27,28)/t13-,19+/m1/s1. The van der Waals surface area contributed by atoms with E-state index in [4.69, 9.17) is 9.84 Å². The molecule has 1 aromatic carbocycles. The van der Waals surface area contributed by atoms with Crippen molar-refractivity contribution < 1.29 is 27.8 Å². The normalized spacial score (nSPS) is 13.7. The fraction of sp³-hybridized carbons (Fsp3) is 0.450. The summed E-state index contributed by atoms with van der Waals surface area (Å²) in [4.78, 5) is 19.2. The number of hydrogen-bond donors (Lipinski definition) is 2. The molecule has 0 saturated carbocycles. The summed E-state index contributed by atoms with van der Waals surface area (Å²) in [7, 11) is 0. The van der Waals surface area contributed by atoms with Crippen LogP contribution in [0, 0.1) is 6.92 Å². The number of benzene rings is 1. The minimum atomic E-state index is -4.61. The first kappa shape index (κ1) is 22.6. The number of carboxylic acids is 1. The summed E-state index contributed by atoms with van der Waals surface area (Å²) in [6, 6.07) is 4.41.